The standard InChI is InChI=1S/C20H24N2O3/c1-24-16-9-10-17(19(12-16)25-2)18-4-3-11-22(18)20(23)15-7-5-14(13-21)6-8-15/h5-10,12,18H,3-4,11,13,21H2,1-2H3. The maximum atomic E-state index is 13.0. The van der Waals surface area contributed by atoms with Gasteiger partial charge in [0, 0.05) is 30.3 Å². The van der Waals surface area contributed by atoms with Crippen molar-refractivity contribution in [2.75, 3.05) is 20.8 Å². The molecule has 0 bridgehead atoms. The van der Waals surface area contributed by atoms with Crippen molar-refractivity contribution in [2.45, 2.75) is 25.4 Å². The zero-order chi connectivity index (χ0) is 17.8. The predicted molar refractivity (Wildman–Crippen MR) is 96.9 cm³/mol. The highest BCUT2D eigenvalue weighted by molar-refractivity contribution is 5.94. The summed E-state index contributed by atoms with van der Waals surface area (Å²) in [6, 6.07) is 13.3. The Bertz CT molecular complexity index is 743. The van der Waals surface area contributed by atoms with E-state index >= 15 is 0 Å². The molecule has 1 saturated heterocycles. The summed E-state index contributed by atoms with van der Waals surface area (Å²) in [5.41, 5.74) is 8.36. The minimum absolute atomic E-state index is 0.0162. The van der Waals surface area contributed by atoms with Crippen molar-refractivity contribution in [1.82, 2.24) is 4.90 Å². The van der Waals surface area contributed by atoms with Crippen molar-refractivity contribution in [3.8, 4) is 11.5 Å². The van der Waals surface area contributed by atoms with Crippen molar-refractivity contribution in [1.29, 1.82) is 0 Å². The molecule has 0 spiro atoms. The normalized spacial score (nSPS) is 16.8. The SMILES string of the molecule is COc1ccc(C2CCCN2C(=O)c2ccc(CN)cc2)c(OC)c1. The van der Waals surface area contributed by atoms with Crippen LogP contribution in [0.5, 0.6) is 11.5 Å². The number of carbonyl (C=O) groups excluding carboxylic acids is 1. The quantitative estimate of drug-likeness (QED) is 0.908. The Kier molecular flexibility index (Phi) is 5.24. The first-order valence-electron chi connectivity index (χ1n) is 8.50. The van der Waals surface area contributed by atoms with E-state index in [2.05, 4.69) is 0 Å². The van der Waals surface area contributed by atoms with Crippen LogP contribution in [0.3, 0.4) is 0 Å². The smallest absolute Gasteiger partial charge is 0.254 e. The molecule has 2 aromatic rings. The summed E-state index contributed by atoms with van der Waals surface area (Å²) < 4.78 is 10.8. The molecule has 0 aliphatic carbocycles. The van der Waals surface area contributed by atoms with E-state index < -0.39 is 0 Å². The van der Waals surface area contributed by atoms with Gasteiger partial charge in [0.1, 0.15) is 11.5 Å². The van der Waals surface area contributed by atoms with Crippen molar-refractivity contribution in [2.24, 2.45) is 5.73 Å². The molecule has 5 nitrogen and oxygen atoms in total. The largest absolute Gasteiger partial charge is 0.497 e. The van der Waals surface area contributed by atoms with Crippen LogP contribution in [0.15, 0.2) is 42.5 Å². The summed E-state index contributed by atoms with van der Waals surface area (Å²) in [7, 11) is 3.27. The molecule has 0 saturated carbocycles. The second kappa shape index (κ2) is 7.57. The number of methoxy groups -OCH3 is 2. The van der Waals surface area contributed by atoms with Gasteiger partial charge in [-0.2, -0.15) is 0 Å². The van der Waals surface area contributed by atoms with Gasteiger partial charge in [-0.1, -0.05) is 12.1 Å². The third-order valence-corrected chi connectivity index (χ3v) is 4.75. The number of nitrogens with two attached hydrogens (primary N) is 1. The fraction of sp³-hybridized carbons (Fsp3) is 0.350. The fourth-order valence-corrected chi connectivity index (χ4v) is 3.38. The molecule has 2 N–H and O–H groups in total. The molecular formula is C20H24N2O3. The molecule has 5 heteroatoms. The number of nitrogens with zero attached hydrogens (tertiary/aromatic N) is 1. The molecule has 1 unspecified atom stereocenters. The zero-order valence-electron chi connectivity index (χ0n) is 14.7. The number of benzene rings is 2. The third kappa shape index (κ3) is 3.46. The number of carbonyl (C=O) groups is 1. The third-order valence-electron chi connectivity index (χ3n) is 4.75. The maximum Gasteiger partial charge on any atom is 0.254 e. The summed E-state index contributed by atoms with van der Waals surface area (Å²) in [5, 5.41) is 0. The number of ether oxygens (including phenoxy) is 2. The molecule has 25 heavy (non-hydrogen) atoms. The minimum atomic E-state index is 0.0162. The van der Waals surface area contributed by atoms with Crippen LogP contribution in [0.1, 0.15) is 40.4 Å². The van der Waals surface area contributed by atoms with Crippen LogP contribution in [0.25, 0.3) is 0 Å². The lowest BCUT2D eigenvalue weighted by molar-refractivity contribution is 0.0734. The van der Waals surface area contributed by atoms with Crippen LogP contribution in [0.4, 0.5) is 0 Å². The zero-order valence-corrected chi connectivity index (χ0v) is 14.7. The van der Waals surface area contributed by atoms with Crippen LogP contribution < -0.4 is 15.2 Å². The molecule has 0 aromatic heterocycles. The molecule has 0 radical (unpaired) electrons. The molecule has 1 aliphatic rings. The number of rotatable bonds is 5. The monoisotopic (exact) mass is 340 g/mol. The van der Waals surface area contributed by atoms with E-state index in [0.717, 1.165) is 42.0 Å². The van der Waals surface area contributed by atoms with Gasteiger partial charge in [0.05, 0.1) is 20.3 Å². The van der Waals surface area contributed by atoms with Gasteiger partial charge in [0.2, 0.25) is 0 Å². The Morgan fingerprint density at radius 1 is 1.16 bits per heavy atom. The highest BCUT2D eigenvalue weighted by Crippen LogP contribution is 2.39. The maximum absolute atomic E-state index is 13.0. The van der Waals surface area contributed by atoms with Gasteiger partial charge in [-0.15, -0.1) is 0 Å². The first-order chi connectivity index (χ1) is 12.2. The highest BCUT2D eigenvalue weighted by Gasteiger charge is 2.32. The lowest BCUT2D eigenvalue weighted by Gasteiger charge is -2.26. The Morgan fingerprint density at radius 2 is 1.92 bits per heavy atom. The van der Waals surface area contributed by atoms with E-state index in [4.69, 9.17) is 15.2 Å². The predicted octanol–water partition coefficient (Wildman–Crippen LogP) is 3.14. The first kappa shape index (κ1) is 17.3. The van der Waals surface area contributed by atoms with Crippen LogP contribution in [-0.2, 0) is 6.54 Å². The van der Waals surface area contributed by atoms with Crippen LogP contribution in [-0.4, -0.2) is 31.6 Å². The van der Waals surface area contributed by atoms with Gasteiger partial charge in [-0.3, -0.25) is 4.79 Å². The van der Waals surface area contributed by atoms with Gasteiger partial charge >= 0.3 is 0 Å². The van der Waals surface area contributed by atoms with Gasteiger partial charge < -0.3 is 20.1 Å². The molecule has 3 rings (SSSR count). The second-order valence-electron chi connectivity index (χ2n) is 6.17. The number of amides is 1. The number of hydrogen-bond donors (Lipinski definition) is 1. The van der Waals surface area contributed by atoms with Crippen molar-refractivity contribution < 1.29 is 14.3 Å². The number of likely N-dealkylation sites (tertiary alicyclic amines) is 1. The summed E-state index contributed by atoms with van der Waals surface area (Å²) in [6.45, 7) is 1.22. The van der Waals surface area contributed by atoms with Gasteiger partial charge in [0.15, 0.2) is 0 Å². The van der Waals surface area contributed by atoms with E-state index in [-0.39, 0.29) is 11.9 Å². The van der Waals surface area contributed by atoms with Crippen molar-refractivity contribution in [3.63, 3.8) is 0 Å². The molecule has 2 aromatic carbocycles. The molecule has 1 aliphatic heterocycles. The average molecular weight is 340 g/mol. The van der Waals surface area contributed by atoms with Crippen molar-refractivity contribution >= 4 is 5.91 Å². The van der Waals surface area contributed by atoms with E-state index in [9.17, 15) is 4.79 Å². The summed E-state index contributed by atoms with van der Waals surface area (Å²) in [4.78, 5) is 14.9. The van der Waals surface area contributed by atoms with Crippen LogP contribution in [0, 0.1) is 0 Å². The Hall–Kier alpha value is -2.53. The van der Waals surface area contributed by atoms with E-state index in [1.165, 1.54) is 0 Å². The Balaban J connectivity index is 1.88. The van der Waals surface area contributed by atoms with Gasteiger partial charge in [-0.05, 0) is 42.7 Å². The average Bonchev–Trinajstić information content (AvgIpc) is 3.16. The Labute approximate surface area is 148 Å². The van der Waals surface area contributed by atoms with E-state index in [0.29, 0.717) is 12.1 Å². The fourth-order valence-electron chi connectivity index (χ4n) is 3.38. The van der Waals surface area contributed by atoms with Crippen LogP contribution >= 0.6 is 0 Å². The summed E-state index contributed by atoms with van der Waals surface area (Å²) in [5.74, 6) is 1.54. The molecular weight excluding hydrogens is 316 g/mol. The molecule has 1 heterocycles. The second-order valence-corrected chi connectivity index (χ2v) is 6.17. The Morgan fingerprint density at radius 3 is 2.56 bits per heavy atom. The highest BCUT2D eigenvalue weighted by atomic mass is 16.5. The molecule has 132 valence electrons. The van der Waals surface area contributed by atoms with Gasteiger partial charge in [-0.25, -0.2) is 0 Å². The molecule has 1 fully saturated rings. The molecule has 1 atom stereocenters. The summed E-state index contributed by atoms with van der Waals surface area (Å²) in [6.07, 6.45) is 1.90. The lowest BCUT2D eigenvalue weighted by Crippen LogP contribution is -2.30. The minimum Gasteiger partial charge on any atom is -0.497 e. The van der Waals surface area contributed by atoms with E-state index in [1.807, 2.05) is 47.4 Å². The van der Waals surface area contributed by atoms with Gasteiger partial charge in [0.25, 0.3) is 5.91 Å². The van der Waals surface area contributed by atoms with Crippen molar-refractivity contribution in [3.05, 3.63) is 59.2 Å². The lowest BCUT2D eigenvalue weighted by atomic mass is 10.0. The molecule has 1 amide bonds. The first-order valence-corrected chi connectivity index (χ1v) is 8.50. The van der Waals surface area contributed by atoms with Crippen LogP contribution in [0.2, 0.25) is 0 Å². The number of hydrogen-bond acceptors (Lipinski definition) is 4. The topological polar surface area (TPSA) is 64.8 Å². The van der Waals surface area contributed by atoms with E-state index in [1.54, 1.807) is 14.2 Å². The summed E-state index contributed by atoms with van der Waals surface area (Å²) >= 11 is 0.